The van der Waals surface area contributed by atoms with Crippen LogP contribution in [0.15, 0.2) is 48.5 Å². The van der Waals surface area contributed by atoms with Gasteiger partial charge in [-0.05, 0) is 70.8 Å². The Morgan fingerprint density at radius 3 is 2.04 bits per heavy atom. The summed E-state index contributed by atoms with van der Waals surface area (Å²) in [5, 5.41) is 22.0. The minimum absolute atomic E-state index is 0.215. The standard InChI is InChI=1S/C22H19ClO2/c1-2-13-11-15(14-5-8-18(23)9-6-14)7-10-19(13)20-21(24)16-3-4-17(12-16)22(20)25/h5-12,24-25H,2-4H2,1H3. The van der Waals surface area contributed by atoms with Crippen LogP contribution in [-0.2, 0) is 19.3 Å². The van der Waals surface area contributed by atoms with E-state index in [1.807, 2.05) is 42.5 Å². The zero-order valence-corrected chi connectivity index (χ0v) is 14.8. The molecule has 2 nitrogen and oxygen atoms in total. The van der Waals surface area contributed by atoms with Gasteiger partial charge in [-0.25, -0.2) is 0 Å². The van der Waals surface area contributed by atoms with E-state index in [1.165, 1.54) is 0 Å². The third kappa shape index (κ3) is 2.67. The Hall–Kier alpha value is -2.45. The first-order valence-electron chi connectivity index (χ1n) is 8.54. The minimum Gasteiger partial charge on any atom is -0.507 e. The molecule has 2 bridgehead atoms. The fourth-order valence-corrected chi connectivity index (χ4v) is 3.76. The molecular weight excluding hydrogens is 332 g/mol. The first-order valence-corrected chi connectivity index (χ1v) is 8.92. The normalized spacial score (nSPS) is 12.6. The lowest BCUT2D eigenvalue weighted by molar-refractivity contribution is 0.451. The van der Waals surface area contributed by atoms with Crippen molar-refractivity contribution in [3.8, 4) is 33.8 Å². The monoisotopic (exact) mass is 350 g/mol. The van der Waals surface area contributed by atoms with Crippen LogP contribution in [0.4, 0.5) is 0 Å². The fraction of sp³-hybridized carbons (Fsp3) is 0.182. The van der Waals surface area contributed by atoms with E-state index in [2.05, 4.69) is 13.0 Å². The van der Waals surface area contributed by atoms with Gasteiger partial charge in [0.2, 0.25) is 0 Å². The van der Waals surface area contributed by atoms with Gasteiger partial charge in [-0.3, -0.25) is 0 Å². The summed E-state index contributed by atoms with van der Waals surface area (Å²) in [6, 6.07) is 15.8. The van der Waals surface area contributed by atoms with Gasteiger partial charge in [-0.1, -0.05) is 48.9 Å². The highest BCUT2D eigenvalue weighted by atomic mass is 35.5. The van der Waals surface area contributed by atoms with E-state index in [4.69, 9.17) is 11.6 Å². The smallest absolute Gasteiger partial charge is 0.130 e. The van der Waals surface area contributed by atoms with Gasteiger partial charge < -0.3 is 10.2 Å². The van der Waals surface area contributed by atoms with Crippen molar-refractivity contribution >= 4 is 11.6 Å². The SMILES string of the molecule is CCc1cc(-c2ccc(Cl)cc2)ccc1-c1c(O)c2cc(c1O)CC2. The van der Waals surface area contributed by atoms with Crippen LogP contribution in [0.3, 0.4) is 0 Å². The van der Waals surface area contributed by atoms with Crippen LogP contribution in [0.1, 0.15) is 23.6 Å². The number of rotatable bonds is 3. The maximum absolute atomic E-state index is 10.6. The Morgan fingerprint density at radius 1 is 0.840 bits per heavy atom. The summed E-state index contributed by atoms with van der Waals surface area (Å²) in [5.41, 5.74) is 6.62. The van der Waals surface area contributed by atoms with E-state index in [0.717, 1.165) is 52.6 Å². The molecule has 0 heterocycles. The molecule has 0 saturated heterocycles. The quantitative estimate of drug-likeness (QED) is 0.631. The van der Waals surface area contributed by atoms with Gasteiger partial charge >= 0.3 is 0 Å². The molecule has 3 aromatic rings. The number of hydrogen-bond donors (Lipinski definition) is 2. The van der Waals surface area contributed by atoms with E-state index < -0.39 is 0 Å². The van der Waals surface area contributed by atoms with Gasteiger partial charge in [0.05, 0.1) is 5.56 Å². The number of benzene rings is 3. The fourth-order valence-electron chi connectivity index (χ4n) is 3.64. The van der Waals surface area contributed by atoms with Crippen LogP contribution in [0.2, 0.25) is 5.02 Å². The molecular formula is C22H19ClO2. The van der Waals surface area contributed by atoms with Crippen LogP contribution in [0, 0.1) is 0 Å². The second-order valence-electron chi connectivity index (χ2n) is 6.50. The summed E-state index contributed by atoms with van der Waals surface area (Å²) < 4.78 is 0. The minimum atomic E-state index is 0.215. The molecule has 0 aromatic heterocycles. The van der Waals surface area contributed by atoms with Crippen molar-refractivity contribution in [1.82, 2.24) is 0 Å². The number of aromatic hydroxyl groups is 2. The third-order valence-corrected chi connectivity index (χ3v) is 5.28. The second kappa shape index (κ2) is 6.12. The van der Waals surface area contributed by atoms with E-state index >= 15 is 0 Å². The zero-order valence-electron chi connectivity index (χ0n) is 14.0. The molecule has 0 saturated carbocycles. The molecule has 0 spiro atoms. The van der Waals surface area contributed by atoms with Crippen molar-refractivity contribution in [3.63, 3.8) is 0 Å². The molecule has 0 aliphatic heterocycles. The van der Waals surface area contributed by atoms with E-state index in [0.29, 0.717) is 10.6 Å². The Labute approximate surface area is 152 Å². The molecule has 0 unspecified atom stereocenters. The highest BCUT2D eigenvalue weighted by molar-refractivity contribution is 6.30. The van der Waals surface area contributed by atoms with E-state index in [1.54, 1.807) is 0 Å². The maximum Gasteiger partial charge on any atom is 0.130 e. The molecule has 0 radical (unpaired) electrons. The largest absolute Gasteiger partial charge is 0.507 e. The lowest BCUT2D eigenvalue weighted by atomic mass is 9.91. The molecule has 3 heteroatoms. The van der Waals surface area contributed by atoms with Crippen LogP contribution >= 0.6 is 11.6 Å². The number of halogens is 1. The van der Waals surface area contributed by atoms with Crippen molar-refractivity contribution in [3.05, 3.63) is 70.2 Å². The predicted molar refractivity (Wildman–Crippen MR) is 102 cm³/mol. The molecule has 126 valence electrons. The molecule has 0 fully saturated rings. The summed E-state index contributed by atoms with van der Waals surface area (Å²) in [5.74, 6) is 0.431. The molecule has 0 atom stereocenters. The van der Waals surface area contributed by atoms with Crippen molar-refractivity contribution in [2.75, 3.05) is 0 Å². The highest BCUT2D eigenvalue weighted by Crippen LogP contribution is 2.47. The average molecular weight is 351 g/mol. The number of hydrogen-bond acceptors (Lipinski definition) is 2. The van der Waals surface area contributed by atoms with Crippen LogP contribution in [-0.4, -0.2) is 10.2 Å². The third-order valence-electron chi connectivity index (χ3n) is 5.03. The first-order chi connectivity index (χ1) is 12.1. The lowest BCUT2D eigenvalue weighted by Gasteiger charge is -2.15. The van der Waals surface area contributed by atoms with Gasteiger partial charge in [-0.15, -0.1) is 0 Å². The molecule has 1 aliphatic rings. The van der Waals surface area contributed by atoms with Gasteiger partial charge in [0.1, 0.15) is 11.5 Å². The molecule has 2 N–H and O–H groups in total. The zero-order chi connectivity index (χ0) is 17.6. The van der Waals surface area contributed by atoms with Crippen LogP contribution in [0.5, 0.6) is 11.5 Å². The Bertz CT molecular complexity index is 931. The number of aryl methyl sites for hydroxylation is 3. The van der Waals surface area contributed by atoms with Crippen molar-refractivity contribution in [2.45, 2.75) is 26.2 Å². The van der Waals surface area contributed by atoms with Gasteiger partial charge in [-0.2, -0.15) is 0 Å². The average Bonchev–Trinajstić information content (AvgIpc) is 3.08. The summed E-state index contributed by atoms with van der Waals surface area (Å²) >= 11 is 5.98. The molecule has 25 heavy (non-hydrogen) atoms. The van der Waals surface area contributed by atoms with Gasteiger partial charge in [0.15, 0.2) is 0 Å². The lowest BCUT2D eigenvalue weighted by Crippen LogP contribution is -1.92. The molecule has 0 amide bonds. The molecule has 3 aromatic carbocycles. The topological polar surface area (TPSA) is 40.5 Å². The molecule has 1 aliphatic carbocycles. The number of phenols is 2. The Kier molecular flexibility index (Phi) is 3.93. The maximum atomic E-state index is 10.6. The van der Waals surface area contributed by atoms with Crippen molar-refractivity contribution in [2.24, 2.45) is 0 Å². The summed E-state index contributed by atoms with van der Waals surface area (Å²) in [7, 11) is 0. The van der Waals surface area contributed by atoms with Crippen molar-refractivity contribution in [1.29, 1.82) is 0 Å². The summed E-state index contributed by atoms with van der Waals surface area (Å²) in [6.45, 7) is 2.09. The Balaban J connectivity index is 1.86. The number of phenolic OH excluding ortho intramolecular Hbond substituents is 2. The Morgan fingerprint density at radius 2 is 1.44 bits per heavy atom. The van der Waals surface area contributed by atoms with Crippen molar-refractivity contribution < 1.29 is 10.2 Å². The van der Waals surface area contributed by atoms with E-state index in [9.17, 15) is 10.2 Å². The van der Waals surface area contributed by atoms with Crippen LogP contribution in [0.25, 0.3) is 22.3 Å². The second-order valence-corrected chi connectivity index (χ2v) is 6.94. The van der Waals surface area contributed by atoms with Gasteiger partial charge in [0.25, 0.3) is 0 Å². The van der Waals surface area contributed by atoms with Crippen LogP contribution < -0.4 is 0 Å². The summed E-state index contributed by atoms with van der Waals surface area (Å²) in [6.07, 6.45) is 2.40. The first kappa shape index (κ1) is 16.0. The molecule has 4 rings (SSSR count). The highest BCUT2D eigenvalue weighted by Gasteiger charge is 2.24. The summed E-state index contributed by atoms with van der Waals surface area (Å²) in [4.78, 5) is 0. The number of fused-ring (bicyclic) bond motifs is 2. The van der Waals surface area contributed by atoms with Gasteiger partial charge in [0, 0.05) is 5.02 Å². The predicted octanol–water partition coefficient (Wildman–Crippen LogP) is 5.75. The van der Waals surface area contributed by atoms with E-state index in [-0.39, 0.29) is 11.5 Å².